The van der Waals surface area contributed by atoms with Crippen LogP contribution in [0.2, 0.25) is 0 Å². The second-order valence-electron chi connectivity index (χ2n) is 5.00. The molecule has 0 bridgehead atoms. The normalized spacial score (nSPS) is 11.8. The van der Waals surface area contributed by atoms with E-state index in [4.69, 9.17) is 5.11 Å². The van der Waals surface area contributed by atoms with Gasteiger partial charge < -0.3 is 5.11 Å². The quantitative estimate of drug-likeness (QED) is 0.841. The van der Waals surface area contributed by atoms with E-state index in [9.17, 15) is 17.2 Å². The van der Waals surface area contributed by atoms with Gasteiger partial charge in [0.2, 0.25) is 10.0 Å². The topological polar surface area (TPSA) is 57.6 Å². The predicted molar refractivity (Wildman–Crippen MR) is 82.9 cm³/mol. The Morgan fingerprint density at radius 1 is 0.957 bits per heavy atom. The van der Waals surface area contributed by atoms with Crippen molar-refractivity contribution in [3.05, 3.63) is 71.3 Å². The Morgan fingerprint density at radius 3 is 2.13 bits per heavy atom. The average molecular weight is 341 g/mol. The van der Waals surface area contributed by atoms with E-state index in [0.717, 1.165) is 22.0 Å². The Kier molecular flexibility index (Phi) is 5.81. The molecule has 4 nitrogen and oxygen atoms in total. The van der Waals surface area contributed by atoms with Crippen molar-refractivity contribution in [1.29, 1.82) is 0 Å². The van der Waals surface area contributed by atoms with Crippen molar-refractivity contribution in [2.45, 2.75) is 12.3 Å². The minimum Gasteiger partial charge on any atom is -0.395 e. The van der Waals surface area contributed by atoms with E-state index in [1.807, 2.05) is 0 Å². The fraction of sp³-hybridized carbons (Fsp3) is 0.250. The zero-order valence-electron chi connectivity index (χ0n) is 12.3. The summed E-state index contributed by atoms with van der Waals surface area (Å²) in [6, 6.07) is 12.0. The van der Waals surface area contributed by atoms with Gasteiger partial charge in [-0.2, -0.15) is 4.31 Å². The molecule has 0 saturated heterocycles. The van der Waals surface area contributed by atoms with Gasteiger partial charge >= 0.3 is 0 Å². The number of hydrogen-bond acceptors (Lipinski definition) is 3. The van der Waals surface area contributed by atoms with Crippen molar-refractivity contribution < 1.29 is 22.3 Å². The monoisotopic (exact) mass is 341 g/mol. The van der Waals surface area contributed by atoms with Crippen LogP contribution in [0.25, 0.3) is 0 Å². The Bertz CT molecular complexity index is 731. The summed E-state index contributed by atoms with van der Waals surface area (Å²) in [6.45, 7) is -0.501. The van der Waals surface area contributed by atoms with Gasteiger partial charge in [-0.25, -0.2) is 17.2 Å². The second-order valence-corrected chi connectivity index (χ2v) is 6.97. The number of aliphatic hydroxyl groups excluding tert-OH is 1. The van der Waals surface area contributed by atoms with Crippen LogP contribution in [0.1, 0.15) is 11.1 Å². The molecule has 0 aliphatic carbocycles. The molecule has 0 heterocycles. The first-order chi connectivity index (χ1) is 10.9. The minimum absolute atomic E-state index is 0.0276. The Labute approximate surface area is 134 Å². The van der Waals surface area contributed by atoms with Gasteiger partial charge in [0.05, 0.1) is 12.4 Å². The Morgan fingerprint density at radius 2 is 1.57 bits per heavy atom. The number of sulfonamides is 1. The molecule has 0 aliphatic rings. The molecule has 0 fully saturated rings. The highest BCUT2D eigenvalue weighted by Crippen LogP contribution is 2.19. The van der Waals surface area contributed by atoms with Crippen LogP contribution in [-0.4, -0.2) is 31.0 Å². The summed E-state index contributed by atoms with van der Waals surface area (Å²) < 4.78 is 53.4. The lowest BCUT2D eigenvalue weighted by Crippen LogP contribution is -2.34. The van der Waals surface area contributed by atoms with E-state index in [1.165, 1.54) is 6.07 Å². The van der Waals surface area contributed by atoms with Gasteiger partial charge in [-0.05, 0) is 17.7 Å². The van der Waals surface area contributed by atoms with Crippen LogP contribution in [0.4, 0.5) is 8.78 Å². The number of rotatable bonds is 7. The molecule has 0 spiro atoms. The van der Waals surface area contributed by atoms with Gasteiger partial charge in [0.25, 0.3) is 0 Å². The van der Waals surface area contributed by atoms with Crippen LogP contribution in [0.3, 0.4) is 0 Å². The first-order valence-corrected chi connectivity index (χ1v) is 8.60. The van der Waals surface area contributed by atoms with Crippen molar-refractivity contribution in [2.75, 3.05) is 13.2 Å². The molecule has 23 heavy (non-hydrogen) atoms. The van der Waals surface area contributed by atoms with Crippen LogP contribution < -0.4 is 0 Å². The average Bonchev–Trinajstić information content (AvgIpc) is 2.52. The molecule has 0 radical (unpaired) electrons. The predicted octanol–water partition coefficient (Wildman–Crippen LogP) is 2.29. The summed E-state index contributed by atoms with van der Waals surface area (Å²) in [5.41, 5.74) is 0.224. The first-order valence-electron chi connectivity index (χ1n) is 6.99. The van der Waals surface area contributed by atoms with Gasteiger partial charge in [-0.15, -0.1) is 0 Å². The molecule has 2 aromatic carbocycles. The molecule has 2 rings (SSSR count). The number of nitrogens with zero attached hydrogens (tertiary/aromatic N) is 1. The second kappa shape index (κ2) is 7.63. The largest absolute Gasteiger partial charge is 0.395 e. The van der Waals surface area contributed by atoms with Crippen molar-refractivity contribution in [1.82, 2.24) is 4.31 Å². The Balaban J connectivity index is 2.26. The highest BCUT2D eigenvalue weighted by atomic mass is 32.2. The molecule has 7 heteroatoms. The maximum Gasteiger partial charge on any atom is 0.218 e. The van der Waals surface area contributed by atoms with E-state index < -0.39 is 33.0 Å². The number of aliphatic hydroxyl groups is 1. The molecule has 0 saturated carbocycles. The molecule has 0 atom stereocenters. The van der Waals surface area contributed by atoms with Crippen LogP contribution in [0.5, 0.6) is 0 Å². The summed E-state index contributed by atoms with van der Waals surface area (Å²) in [6.07, 6.45) is 0. The standard InChI is InChI=1S/C16H17F2NO3S/c17-15-7-4-8-16(18)14(15)12-23(21,22)19(9-10-20)11-13-5-2-1-3-6-13/h1-8,20H,9-12H2. The lowest BCUT2D eigenvalue weighted by molar-refractivity contribution is 0.251. The molecule has 0 aliphatic heterocycles. The van der Waals surface area contributed by atoms with Gasteiger partial charge in [-0.1, -0.05) is 36.4 Å². The summed E-state index contributed by atoms with van der Waals surface area (Å²) in [5.74, 6) is -2.60. The van der Waals surface area contributed by atoms with Crippen LogP contribution in [0.15, 0.2) is 48.5 Å². The maximum absolute atomic E-state index is 13.7. The molecule has 0 amide bonds. The maximum atomic E-state index is 13.7. The third-order valence-electron chi connectivity index (χ3n) is 3.33. The van der Waals surface area contributed by atoms with E-state index >= 15 is 0 Å². The zero-order chi connectivity index (χ0) is 16.9. The van der Waals surface area contributed by atoms with Crippen LogP contribution >= 0.6 is 0 Å². The summed E-state index contributed by atoms with van der Waals surface area (Å²) >= 11 is 0. The highest BCUT2D eigenvalue weighted by Gasteiger charge is 2.25. The summed E-state index contributed by atoms with van der Waals surface area (Å²) in [4.78, 5) is 0. The third-order valence-corrected chi connectivity index (χ3v) is 5.08. The lowest BCUT2D eigenvalue weighted by atomic mass is 10.2. The van der Waals surface area contributed by atoms with Gasteiger partial charge in [0, 0.05) is 18.7 Å². The smallest absolute Gasteiger partial charge is 0.218 e. The molecule has 1 N–H and O–H groups in total. The molecule has 124 valence electrons. The summed E-state index contributed by atoms with van der Waals surface area (Å²) in [5, 5.41) is 9.10. The van der Waals surface area contributed by atoms with Gasteiger partial charge in [0.15, 0.2) is 0 Å². The SMILES string of the molecule is O=S(=O)(Cc1c(F)cccc1F)N(CCO)Cc1ccccc1. The molecule has 0 unspecified atom stereocenters. The van der Waals surface area contributed by atoms with Crippen molar-refractivity contribution in [3.63, 3.8) is 0 Å². The molecule has 2 aromatic rings. The van der Waals surface area contributed by atoms with Gasteiger partial charge in [0.1, 0.15) is 11.6 Å². The van der Waals surface area contributed by atoms with E-state index in [1.54, 1.807) is 30.3 Å². The first kappa shape index (κ1) is 17.5. The molecular weight excluding hydrogens is 324 g/mol. The molecule has 0 aromatic heterocycles. The third kappa shape index (κ3) is 4.57. The molecular formula is C16H17F2NO3S. The fourth-order valence-electron chi connectivity index (χ4n) is 2.16. The van der Waals surface area contributed by atoms with E-state index in [2.05, 4.69) is 0 Å². The van der Waals surface area contributed by atoms with Crippen LogP contribution in [-0.2, 0) is 22.3 Å². The Hall–Kier alpha value is -1.83. The van der Waals surface area contributed by atoms with Gasteiger partial charge in [-0.3, -0.25) is 0 Å². The fourth-order valence-corrected chi connectivity index (χ4v) is 3.69. The zero-order valence-corrected chi connectivity index (χ0v) is 13.1. The van der Waals surface area contributed by atoms with Crippen molar-refractivity contribution in [2.24, 2.45) is 0 Å². The number of hydrogen-bond donors (Lipinski definition) is 1. The number of halogens is 2. The van der Waals surface area contributed by atoms with Crippen molar-refractivity contribution >= 4 is 10.0 Å². The van der Waals surface area contributed by atoms with E-state index in [-0.39, 0.29) is 19.7 Å². The lowest BCUT2D eigenvalue weighted by Gasteiger charge is -2.21. The van der Waals surface area contributed by atoms with Crippen molar-refractivity contribution in [3.8, 4) is 0 Å². The number of benzene rings is 2. The minimum atomic E-state index is -3.99. The summed E-state index contributed by atoms with van der Waals surface area (Å²) in [7, 11) is -3.99. The highest BCUT2D eigenvalue weighted by molar-refractivity contribution is 7.88. The van der Waals surface area contributed by atoms with E-state index in [0.29, 0.717) is 0 Å². The van der Waals surface area contributed by atoms with Crippen LogP contribution in [0, 0.1) is 11.6 Å².